The van der Waals surface area contributed by atoms with E-state index in [-0.39, 0.29) is 0 Å². The van der Waals surface area contributed by atoms with Gasteiger partial charge in [0, 0.05) is 5.56 Å². The Kier molecular flexibility index (Phi) is 2.72. The minimum Gasteiger partial charge on any atom is -0.496 e. The van der Waals surface area contributed by atoms with Gasteiger partial charge in [-0.1, -0.05) is 6.07 Å². The molecule has 1 aromatic carbocycles. The molecule has 82 valence electrons. The van der Waals surface area contributed by atoms with Crippen LogP contribution in [0.15, 0.2) is 24.4 Å². The third-order valence-corrected chi connectivity index (χ3v) is 2.42. The summed E-state index contributed by atoms with van der Waals surface area (Å²) in [7, 11) is 1.61. The summed E-state index contributed by atoms with van der Waals surface area (Å²) in [4.78, 5) is 10.8. The predicted octanol–water partition coefficient (Wildman–Crippen LogP) is 2.21. The molecule has 4 heteroatoms. The predicted molar refractivity (Wildman–Crippen MR) is 60.7 cm³/mol. The number of methoxy groups -OCH3 is 1. The first-order valence-corrected chi connectivity index (χ1v) is 4.90. The summed E-state index contributed by atoms with van der Waals surface area (Å²) in [5.74, 6) is 0.729. The fourth-order valence-electron chi connectivity index (χ4n) is 1.61. The molecule has 0 aliphatic rings. The minimum atomic E-state index is 0.530. The van der Waals surface area contributed by atoms with Crippen LogP contribution < -0.4 is 4.74 Å². The van der Waals surface area contributed by atoms with Crippen LogP contribution in [0.4, 0.5) is 0 Å². The Balaban J connectivity index is 2.59. The maximum Gasteiger partial charge on any atom is 0.153 e. The van der Waals surface area contributed by atoms with Crippen LogP contribution in [0.25, 0.3) is 11.3 Å². The van der Waals surface area contributed by atoms with E-state index in [0.717, 1.165) is 23.2 Å². The van der Waals surface area contributed by atoms with Crippen LogP contribution in [-0.4, -0.2) is 23.6 Å². The lowest BCUT2D eigenvalue weighted by Crippen LogP contribution is -1.91. The van der Waals surface area contributed by atoms with Crippen molar-refractivity contribution in [1.82, 2.24) is 10.2 Å². The van der Waals surface area contributed by atoms with E-state index in [1.54, 1.807) is 7.11 Å². The summed E-state index contributed by atoms with van der Waals surface area (Å²) in [6.45, 7) is 1.99. The maximum atomic E-state index is 10.8. The highest BCUT2D eigenvalue weighted by molar-refractivity contribution is 5.87. The van der Waals surface area contributed by atoms with Gasteiger partial charge in [-0.3, -0.25) is 9.89 Å². The standard InChI is InChI=1S/C12H12N2O2/c1-8-3-4-10(11(5-8)16-2)12-9(7-15)6-13-14-12/h3-7H,1-2H3,(H,13,14). The molecule has 1 heterocycles. The number of aromatic nitrogens is 2. The first-order valence-electron chi connectivity index (χ1n) is 4.90. The van der Waals surface area contributed by atoms with Crippen molar-refractivity contribution in [1.29, 1.82) is 0 Å². The zero-order valence-electron chi connectivity index (χ0n) is 9.15. The monoisotopic (exact) mass is 216 g/mol. The number of carbonyl (C=O) groups excluding carboxylic acids is 1. The van der Waals surface area contributed by atoms with E-state index in [0.29, 0.717) is 11.3 Å². The van der Waals surface area contributed by atoms with Crippen LogP contribution in [0.3, 0.4) is 0 Å². The van der Waals surface area contributed by atoms with Crippen LogP contribution in [-0.2, 0) is 0 Å². The van der Waals surface area contributed by atoms with Gasteiger partial charge in [-0.05, 0) is 24.6 Å². The molecule has 0 atom stereocenters. The third-order valence-electron chi connectivity index (χ3n) is 2.42. The summed E-state index contributed by atoms with van der Waals surface area (Å²) < 4.78 is 5.29. The highest BCUT2D eigenvalue weighted by Crippen LogP contribution is 2.30. The second-order valence-electron chi connectivity index (χ2n) is 3.52. The molecule has 0 saturated heterocycles. The summed E-state index contributed by atoms with van der Waals surface area (Å²) in [5, 5.41) is 6.66. The number of aryl methyl sites for hydroxylation is 1. The van der Waals surface area contributed by atoms with Gasteiger partial charge in [0.1, 0.15) is 5.75 Å². The quantitative estimate of drug-likeness (QED) is 0.800. The van der Waals surface area contributed by atoms with Gasteiger partial charge in [-0.25, -0.2) is 0 Å². The van der Waals surface area contributed by atoms with Crippen LogP contribution in [0.2, 0.25) is 0 Å². The van der Waals surface area contributed by atoms with E-state index < -0.39 is 0 Å². The largest absolute Gasteiger partial charge is 0.496 e. The van der Waals surface area contributed by atoms with E-state index >= 15 is 0 Å². The Morgan fingerprint density at radius 2 is 2.25 bits per heavy atom. The topological polar surface area (TPSA) is 55.0 Å². The van der Waals surface area contributed by atoms with Crippen molar-refractivity contribution in [2.75, 3.05) is 7.11 Å². The van der Waals surface area contributed by atoms with Gasteiger partial charge in [-0.2, -0.15) is 5.10 Å². The van der Waals surface area contributed by atoms with Crippen LogP contribution in [0.1, 0.15) is 15.9 Å². The fraction of sp³-hybridized carbons (Fsp3) is 0.167. The number of carbonyl (C=O) groups is 1. The van der Waals surface area contributed by atoms with Gasteiger partial charge in [-0.15, -0.1) is 0 Å². The third kappa shape index (κ3) is 1.69. The zero-order chi connectivity index (χ0) is 11.5. The zero-order valence-corrected chi connectivity index (χ0v) is 9.15. The lowest BCUT2D eigenvalue weighted by molar-refractivity contribution is 0.112. The van der Waals surface area contributed by atoms with Gasteiger partial charge in [0.15, 0.2) is 6.29 Å². The van der Waals surface area contributed by atoms with E-state index in [4.69, 9.17) is 4.74 Å². The molecule has 4 nitrogen and oxygen atoms in total. The summed E-state index contributed by atoms with van der Waals surface area (Å²) in [6.07, 6.45) is 2.28. The molecule has 0 aliphatic carbocycles. The second-order valence-corrected chi connectivity index (χ2v) is 3.52. The molecule has 0 saturated carbocycles. The number of aromatic amines is 1. The van der Waals surface area contributed by atoms with E-state index in [1.807, 2.05) is 25.1 Å². The fourth-order valence-corrected chi connectivity index (χ4v) is 1.61. The Hall–Kier alpha value is -2.10. The molecular weight excluding hydrogens is 204 g/mol. The normalized spacial score (nSPS) is 10.1. The highest BCUT2D eigenvalue weighted by atomic mass is 16.5. The number of ether oxygens (including phenoxy) is 1. The lowest BCUT2D eigenvalue weighted by atomic mass is 10.1. The average Bonchev–Trinajstić information content (AvgIpc) is 2.76. The van der Waals surface area contributed by atoms with Gasteiger partial charge < -0.3 is 4.74 Å². The molecule has 0 radical (unpaired) electrons. The summed E-state index contributed by atoms with van der Waals surface area (Å²) in [6, 6.07) is 5.80. The van der Waals surface area contributed by atoms with Crippen molar-refractivity contribution >= 4 is 6.29 Å². The Bertz CT molecular complexity index is 517. The van der Waals surface area contributed by atoms with Crippen LogP contribution in [0.5, 0.6) is 5.75 Å². The number of benzene rings is 1. The molecule has 0 spiro atoms. The Morgan fingerprint density at radius 1 is 1.44 bits per heavy atom. The molecule has 0 amide bonds. The summed E-state index contributed by atoms with van der Waals surface area (Å²) >= 11 is 0. The van der Waals surface area contributed by atoms with Crippen LogP contribution >= 0.6 is 0 Å². The molecule has 0 unspecified atom stereocenters. The first-order chi connectivity index (χ1) is 7.76. The van der Waals surface area contributed by atoms with E-state index in [2.05, 4.69) is 10.2 Å². The van der Waals surface area contributed by atoms with Gasteiger partial charge in [0.05, 0.1) is 24.6 Å². The number of rotatable bonds is 3. The maximum absolute atomic E-state index is 10.8. The molecule has 2 rings (SSSR count). The molecule has 0 bridgehead atoms. The number of nitrogens with one attached hydrogen (secondary N) is 1. The van der Waals surface area contributed by atoms with Crippen molar-refractivity contribution in [3.05, 3.63) is 35.5 Å². The number of H-pyrrole nitrogens is 1. The summed E-state index contributed by atoms with van der Waals surface area (Å²) in [5.41, 5.74) is 3.16. The molecule has 1 aromatic heterocycles. The van der Waals surface area contributed by atoms with Gasteiger partial charge in [0.2, 0.25) is 0 Å². The number of hydrogen-bond acceptors (Lipinski definition) is 3. The first kappa shape index (κ1) is 10.4. The van der Waals surface area contributed by atoms with Crippen LogP contribution in [0, 0.1) is 6.92 Å². The molecule has 0 fully saturated rings. The molecule has 0 aliphatic heterocycles. The molecular formula is C12H12N2O2. The number of nitrogens with zero attached hydrogens (tertiary/aromatic N) is 1. The van der Waals surface area contributed by atoms with Crippen molar-refractivity contribution in [2.45, 2.75) is 6.92 Å². The minimum absolute atomic E-state index is 0.530. The number of hydrogen-bond donors (Lipinski definition) is 1. The van der Waals surface area contributed by atoms with Crippen molar-refractivity contribution in [3.63, 3.8) is 0 Å². The Labute approximate surface area is 93.3 Å². The molecule has 2 aromatic rings. The SMILES string of the molecule is COc1cc(C)ccc1-c1[nH]ncc1C=O. The highest BCUT2D eigenvalue weighted by Gasteiger charge is 2.11. The smallest absolute Gasteiger partial charge is 0.153 e. The van der Waals surface area contributed by atoms with Gasteiger partial charge in [0.25, 0.3) is 0 Å². The molecule has 16 heavy (non-hydrogen) atoms. The molecule has 1 N–H and O–H groups in total. The average molecular weight is 216 g/mol. The Morgan fingerprint density at radius 3 is 2.94 bits per heavy atom. The van der Waals surface area contributed by atoms with Crippen molar-refractivity contribution < 1.29 is 9.53 Å². The lowest BCUT2D eigenvalue weighted by Gasteiger charge is -2.08. The number of aldehydes is 1. The van der Waals surface area contributed by atoms with Crippen molar-refractivity contribution in [3.8, 4) is 17.0 Å². The van der Waals surface area contributed by atoms with E-state index in [9.17, 15) is 4.79 Å². The van der Waals surface area contributed by atoms with Crippen molar-refractivity contribution in [2.24, 2.45) is 0 Å². The van der Waals surface area contributed by atoms with E-state index in [1.165, 1.54) is 6.20 Å². The second kappa shape index (κ2) is 4.18. The van der Waals surface area contributed by atoms with Gasteiger partial charge >= 0.3 is 0 Å².